The van der Waals surface area contributed by atoms with Crippen LogP contribution in [0.5, 0.6) is 0 Å². The monoisotopic (exact) mass is 403 g/mol. The second-order valence-electron chi connectivity index (χ2n) is 8.22. The summed E-state index contributed by atoms with van der Waals surface area (Å²) in [6.07, 6.45) is 5.82. The van der Waals surface area contributed by atoms with Crippen molar-refractivity contribution in [3.05, 3.63) is 76.3 Å². The number of carbonyl (C=O) groups is 1. The van der Waals surface area contributed by atoms with Gasteiger partial charge in [0.25, 0.3) is 5.56 Å². The minimum atomic E-state index is 0.0315. The molecule has 0 bridgehead atoms. The highest BCUT2D eigenvalue weighted by atomic mass is 16.2. The topological polar surface area (TPSA) is 55.2 Å². The summed E-state index contributed by atoms with van der Waals surface area (Å²) in [6, 6.07) is 16.1. The van der Waals surface area contributed by atoms with Crippen LogP contribution in [0.15, 0.2) is 59.7 Å². The van der Waals surface area contributed by atoms with Crippen molar-refractivity contribution < 1.29 is 4.79 Å². The maximum absolute atomic E-state index is 12.9. The summed E-state index contributed by atoms with van der Waals surface area (Å²) in [5, 5.41) is 0.684. The Labute approximate surface area is 177 Å². The summed E-state index contributed by atoms with van der Waals surface area (Å²) in [5.74, 6) is 0.628. The molecule has 0 aliphatic carbocycles. The SMILES string of the molecule is CCc1ccc2c(=O)n(CC3CCN(C(=O)CCc4ccccc4)CC3)cnc2c1. The van der Waals surface area contributed by atoms with E-state index in [1.54, 1.807) is 10.9 Å². The Bertz CT molecular complexity index is 1070. The van der Waals surface area contributed by atoms with Gasteiger partial charge < -0.3 is 4.90 Å². The Balaban J connectivity index is 1.33. The molecular weight excluding hydrogens is 374 g/mol. The first-order valence-corrected chi connectivity index (χ1v) is 10.9. The fourth-order valence-electron chi connectivity index (χ4n) is 4.25. The Kier molecular flexibility index (Phi) is 6.26. The third kappa shape index (κ3) is 4.61. The number of aryl methyl sites for hydroxylation is 2. The van der Waals surface area contributed by atoms with Crippen LogP contribution in [-0.2, 0) is 24.2 Å². The number of nitrogens with zero attached hydrogens (tertiary/aromatic N) is 3. The van der Waals surface area contributed by atoms with Crippen LogP contribution in [0, 0.1) is 5.92 Å². The number of fused-ring (bicyclic) bond motifs is 1. The van der Waals surface area contributed by atoms with E-state index < -0.39 is 0 Å². The van der Waals surface area contributed by atoms with Gasteiger partial charge in [0.1, 0.15) is 0 Å². The third-order valence-electron chi connectivity index (χ3n) is 6.19. The summed E-state index contributed by atoms with van der Waals surface area (Å²) in [4.78, 5) is 31.9. The molecule has 0 spiro atoms. The van der Waals surface area contributed by atoms with Gasteiger partial charge in [-0.05, 0) is 54.9 Å². The van der Waals surface area contributed by atoms with Crippen LogP contribution in [0.4, 0.5) is 0 Å². The summed E-state index contributed by atoms with van der Waals surface area (Å²) in [6.45, 7) is 4.31. The molecule has 0 saturated carbocycles. The molecule has 0 radical (unpaired) electrons. The Hall–Kier alpha value is -2.95. The van der Waals surface area contributed by atoms with Gasteiger partial charge in [0.15, 0.2) is 0 Å². The molecule has 4 rings (SSSR count). The Morgan fingerprint density at radius 2 is 1.83 bits per heavy atom. The highest BCUT2D eigenvalue weighted by Crippen LogP contribution is 2.20. The Morgan fingerprint density at radius 1 is 1.07 bits per heavy atom. The van der Waals surface area contributed by atoms with Crippen molar-refractivity contribution in [2.75, 3.05) is 13.1 Å². The first-order chi connectivity index (χ1) is 14.6. The van der Waals surface area contributed by atoms with Gasteiger partial charge in [-0.15, -0.1) is 0 Å². The van der Waals surface area contributed by atoms with Gasteiger partial charge in [-0.3, -0.25) is 14.2 Å². The first kappa shape index (κ1) is 20.3. The predicted octanol–water partition coefficient (Wildman–Crippen LogP) is 3.83. The molecule has 1 fully saturated rings. The quantitative estimate of drug-likeness (QED) is 0.629. The van der Waals surface area contributed by atoms with Gasteiger partial charge >= 0.3 is 0 Å². The lowest BCUT2D eigenvalue weighted by Crippen LogP contribution is -2.40. The molecule has 1 aromatic heterocycles. The van der Waals surface area contributed by atoms with Crippen LogP contribution in [0.2, 0.25) is 0 Å². The smallest absolute Gasteiger partial charge is 0.261 e. The molecule has 3 aromatic rings. The lowest BCUT2D eigenvalue weighted by molar-refractivity contribution is -0.132. The zero-order chi connectivity index (χ0) is 20.9. The number of carbonyl (C=O) groups excluding carboxylic acids is 1. The fourth-order valence-corrected chi connectivity index (χ4v) is 4.25. The van der Waals surface area contributed by atoms with Crippen LogP contribution >= 0.6 is 0 Å². The lowest BCUT2D eigenvalue weighted by atomic mass is 9.96. The van der Waals surface area contributed by atoms with Gasteiger partial charge in [0, 0.05) is 26.1 Å². The molecule has 0 unspecified atom stereocenters. The zero-order valence-electron chi connectivity index (χ0n) is 17.6. The van der Waals surface area contributed by atoms with Gasteiger partial charge in [-0.25, -0.2) is 4.98 Å². The van der Waals surface area contributed by atoms with Crippen molar-refractivity contribution >= 4 is 16.8 Å². The summed E-state index contributed by atoms with van der Waals surface area (Å²) >= 11 is 0. The number of hydrogen-bond donors (Lipinski definition) is 0. The number of amides is 1. The first-order valence-electron chi connectivity index (χ1n) is 10.9. The zero-order valence-corrected chi connectivity index (χ0v) is 17.6. The van der Waals surface area contributed by atoms with Crippen molar-refractivity contribution in [2.45, 2.75) is 45.6 Å². The molecule has 1 aliphatic heterocycles. The molecule has 1 saturated heterocycles. The van der Waals surface area contributed by atoms with Crippen molar-refractivity contribution in [1.82, 2.24) is 14.5 Å². The van der Waals surface area contributed by atoms with E-state index in [1.165, 1.54) is 11.1 Å². The highest BCUT2D eigenvalue weighted by molar-refractivity contribution is 5.78. The standard InChI is InChI=1S/C25H29N3O2/c1-2-19-8-10-22-23(16-19)26-18-28(25(22)30)17-21-12-14-27(15-13-21)24(29)11-9-20-6-4-3-5-7-20/h3-8,10,16,18,21H,2,9,11-15,17H2,1H3. The third-order valence-corrected chi connectivity index (χ3v) is 6.19. The molecule has 1 amide bonds. The number of piperidine rings is 1. The van der Waals surface area contributed by atoms with E-state index in [-0.39, 0.29) is 11.5 Å². The van der Waals surface area contributed by atoms with Gasteiger partial charge in [-0.1, -0.05) is 43.3 Å². The fraction of sp³-hybridized carbons (Fsp3) is 0.400. The van der Waals surface area contributed by atoms with Crippen LogP contribution in [-0.4, -0.2) is 33.4 Å². The van der Waals surface area contributed by atoms with Crippen LogP contribution in [0.1, 0.15) is 37.3 Å². The molecule has 1 aliphatic rings. The summed E-state index contributed by atoms with van der Waals surface area (Å²) in [7, 11) is 0. The minimum absolute atomic E-state index is 0.0315. The maximum atomic E-state index is 12.9. The van der Waals surface area contributed by atoms with Crippen molar-refractivity contribution in [3.63, 3.8) is 0 Å². The largest absolute Gasteiger partial charge is 0.343 e. The summed E-state index contributed by atoms with van der Waals surface area (Å²) < 4.78 is 1.74. The molecule has 2 heterocycles. The molecule has 0 atom stereocenters. The lowest BCUT2D eigenvalue weighted by Gasteiger charge is -2.32. The number of rotatable bonds is 6. The van der Waals surface area contributed by atoms with Crippen molar-refractivity contribution in [1.29, 1.82) is 0 Å². The van der Waals surface area contributed by atoms with E-state index in [2.05, 4.69) is 24.0 Å². The van der Waals surface area contributed by atoms with E-state index >= 15 is 0 Å². The Morgan fingerprint density at radius 3 is 2.57 bits per heavy atom. The van der Waals surface area contributed by atoms with E-state index in [0.717, 1.165) is 44.3 Å². The van der Waals surface area contributed by atoms with Crippen LogP contribution < -0.4 is 5.56 Å². The van der Waals surface area contributed by atoms with Crippen molar-refractivity contribution in [3.8, 4) is 0 Å². The molecular formula is C25H29N3O2. The molecule has 30 heavy (non-hydrogen) atoms. The molecule has 5 nitrogen and oxygen atoms in total. The number of likely N-dealkylation sites (tertiary alicyclic amines) is 1. The highest BCUT2D eigenvalue weighted by Gasteiger charge is 2.23. The second-order valence-corrected chi connectivity index (χ2v) is 8.22. The van der Waals surface area contributed by atoms with E-state index in [9.17, 15) is 9.59 Å². The maximum Gasteiger partial charge on any atom is 0.261 e. The summed E-state index contributed by atoms with van der Waals surface area (Å²) in [5.41, 5.74) is 3.20. The van der Waals surface area contributed by atoms with E-state index in [4.69, 9.17) is 0 Å². The average Bonchev–Trinajstić information content (AvgIpc) is 2.80. The van der Waals surface area contributed by atoms with Crippen LogP contribution in [0.25, 0.3) is 10.9 Å². The van der Waals surface area contributed by atoms with E-state index in [1.807, 2.05) is 41.3 Å². The predicted molar refractivity (Wildman–Crippen MR) is 119 cm³/mol. The molecule has 0 N–H and O–H groups in total. The second kappa shape index (κ2) is 9.24. The van der Waals surface area contributed by atoms with Crippen molar-refractivity contribution in [2.24, 2.45) is 5.92 Å². The molecule has 156 valence electrons. The molecule has 5 heteroatoms. The number of aromatic nitrogens is 2. The number of benzene rings is 2. The van der Waals surface area contributed by atoms with E-state index in [0.29, 0.717) is 24.3 Å². The van der Waals surface area contributed by atoms with Gasteiger partial charge in [-0.2, -0.15) is 0 Å². The normalized spacial score (nSPS) is 14.9. The number of hydrogen-bond acceptors (Lipinski definition) is 3. The minimum Gasteiger partial charge on any atom is -0.343 e. The average molecular weight is 404 g/mol. The van der Waals surface area contributed by atoms with Crippen LogP contribution in [0.3, 0.4) is 0 Å². The van der Waals surface area contributed by atoms with Gasteiger partial charge in [0.05, 0.1) is 17.2 Å². The van der Waals surface area contributed by atoms with Gasteiger partial charge in [0.2, 0.25) is 5.91 Å². The molecule has 2 aromatic carbocycles.